The third-order valence-corrected chi connectivity index (χ3v) is 4.10. The molecule has 110 valence electrons. The Labute approximate surface area is 125 Å². The van der Waals surface area contributed by atoms with Crippen molar-refractivity contribution in [1.29, 1.82) is 0 Å². The van der Waals surface area contributed by atoms with Gasteiger partial charge in [-0.25, -0.2) is 0 Å². The molecule has 0 bridgehead atoms. The van der Waals surface area contributed by atoms with E-state index in [0.717, 1.165) is 30.9 Å². The normalized spacial score (nSPS) is 16.8. The number of ether oxygens (including phenoxy) is 2. The van der Waals surface area contributed by atoms with Crippen molar-refractivity contribution in [2.45, 2.75) is 18.8 Å². The molecule has 0 saturated heterocycles. The fourth-order valence-corrected chi connectivity index (χ4v) is 3.03. The van der Waals surface area contributed by atoms with Crippen molar-refractivity contribution in [3.8, 4) is 11.5 Å². The van der Waals surface area contributed by atoms with Gasteiger partial charge in [0.1, 0.15) is 11.5 Å². The monoisotopic (exact) mass is 283 g/mol. The SMILES string of the molecule is COc1cc(CC2CCNc3ccccc32)cc(OC)c1. The topological polar surface area (TPSA) is 30.5 Å². The second-order valence-corrected chi connectivity index (χ2v) is 5.42. The molecule has 0 saturated carbocycles. The van der Waals surface area contributed by atoms with E-state index in [4.69, 9.17) is 9.47 Å². The number of fused-ring (bicyclic) bond motifs is 1. The minimum atomic E-state index is 0.541. The molecule has 0 aliphatic carbocycles. The van der Waals surface area contributed by atoms with Crippen LogP contribution in [0.3, 0.4) is 0 Å². The molecule has 0 spiro atoms. The summed E-state index contributed by atoms with van der Waals surface area (Å²) in [4.78, 5) is 0. The summed E-state index contributed by atoms with van der Waals surface area (Å²) in [6.07, 6.45) is 2.16. The highest BCUT2D eigenvalue weighted by molar-refractivity contribution is 5.55. The Morgan fingerprint density at radius 3 is 2.48 bits per heavy atom. The minimum Gasteiger partial charge on any atom is -0.497 e. The lowest BCUT2D eigenvalue weighted by molar-refractivity contribution is 0.393. The molecule has 1 atom stereocenters. The summed E-state index contributed by atoms with van der Waals surface area (Å²) in [5, 5.41) is 3.47. The third kappa shape index (κ3) is 2.97. The van der Waals surface area contributed by atoms with Crippen LogP contribution < -0.4 is 14.8 Å². The largest absolute Gasteiger partial charge is 0.497 e. The van der Waals surface area contributed by atoms with Gasteiger partial charge in [0.05, 0.1) is 14.2 Å². The Kier molecular flexibility index (Phi) is 4.00. The van der Waals surface area contributed by atoms with Gasteiger partial charge in [-0.15, -0.1) is 0 Å². The van der Waals surface area contributed by atoms with Crippen LogP contribution in [0.2, 0.25) is 0 Å². The van der Waals surface area contributed by atoms with Crippen LogP contribution in [0.1, 0.15) is 23.5 Å². The average Bonchev–Trinajstić information content (AvgIpc) is 2.55. The first-order valence-corrected chi connectivity index (χ1v) is 7.35. The predicted molar refractivity (Wildman–Crippen MR) is 85.5 cm³/mol. The van der Waals surface area contributed by atoms with E-state index in [-0.39, 0.29) is 0 Å². The molecule has 3 nitrogen and oxygen atoms in total. The Hall–Kier alpha value is -2.16. The number of anilines is 1. The van der Waals surface area contributed by atoms with E-state index < -0.39 is 0 Å². The smallest absolute Gasteiger partial charge is 0.122 e. The fourth-order valence-electron chi connectivity index (χ4n) is 3.03. The van der Waals surface area contributed by atoms with Gasteiger partial charge >= 0.3 is 0 Å². The van der Waals surface area contributed by atoms with Gasteiger partial charge in [0.25, 0.3) is 0 Å². The Morgan fingerprint density at radius 2 is 1.76 bits per heavy atom. The van der Waals surface area contributed by atoms with Crippen LogP contribution >= 0.6 is 0 Å². The average molecular weight is 283 g/mol. The Morgan fingerprint density at radius 1 is 1.05 bits per heavy atom. The molecule has 1 heterocycles. The molecule has 0 aromatic heterocycles. The molecule has 3 heteroatoms. The van der Waals surface area contributed by atoms with E-state index in [0.29, 0.717) is 5.92 Å². The second kappa shape index (κ2) is 6.08. The molecule has 0 fully saturated rings. The summed E-state index contributed by atoms with van der Waals surface area (Å²) in [6.45, 7) is 1.03. The molecule has 1 aliphatic heterocycles. The Balaban J connectivity index is 1.87. The zero-order chi connectivity index (χ0) is 14.7. The third-order valence-electron chi connectivity index (χ3n) is 4.10. The van der Waals surface area contributed by atoms with E-state index in [2.05, 4.69) is 41.7 Å². The van der Waals surface area contributed by atoms with Gasteiger partial charge in [-0.1, -0.05) is 18.2 Å². The van der Waals surface area contributed by atoms with Crippen LogP contribution in [-0.4, -0.2) is 20.8 Å². The van der Waals surface area contributed by atoms with Crippen LogP contribution in [0.25, 0.3) is 0 Å². The van der Waals surface area contributed by atoms with Gasteiger partial charge in [-0.3, -0.25) is 0 Å². The van der Waals surface area contributed by atoms with Crippen molar-refractivity contribution < 1.29 is 9.47 Å². The van der Waals surface area contributed by atoms with Crippen molar-refractivity contribution in [2.24, 2.45) is 0 Å². The Bertz CT molecular complexity index is 602. The highest BCUT2D eigenvalue weighted by atomic mass is 16.5. The fraction of sp³-hybridized carbons (Fsp3) is 0.333. The van der Waals surface area contributed by atoms with Crippen molar-refractivity contribution in [3.63, 3.8) is 0 Å². The summed E-state index contributed by atoms with van der Waals surface area (Å²) in [5.74, 6) is 2.25. The van der Waals surface area contributed by atoms with Gasteiger partial charge in [0.15, 0.2) is 0 Å². The molecule has 2 aromatic rings. The van der Waals surface area contributed by atoms with Crippen LogP contribution in [-0.2, 0) is 6.42 Å². The number of methoxy groups -OCH3 is 2. The maximum atomic E-state index is 5.36. The summed E-state index contributed by atoms with van der Waals surface area (Å²) >= 11 is 0. The van der Waals surface area contributed by atoms with Crippen LogP contribution in [0.15, 0.2) is 42.5 Å². The predicted octanol–water partition coefficient (Wildman–Crippen LogP) is 3.85. The minimum absolute atomic E-state index is 0.541. The second-order valence-electron chi connectivity index (χ2n) is 5.42. The lowest BCUT2D eigenvalue weighted by Crippen LogP contribution is -2.18. The number of hydrogen-bond donors (Lipinski definition) is 1. The van der Waals surface area contributed by atoms with E-state index in [1.165, 1.54) is 16.8 Å². The molecule has 1 N–H and O–H groups in total. The maximum absolute atomic E-state index is 5.36. The molecule has 2 aromatic carbocycles. The first-order valence-electron chi connectivity index (χ1n) is 7.35. The van der Waals surface area contributed by atoms with Crippen LogP contribution in [0, 0.1) is 0 Å². The van der Waals surface area contributed by atoms with E-state index in [9.17, 15) is 0 Å². The summed E-state index contributed by atoms with van der Waals surface area (Å²) in [7, 11) is 3.39. The van der Waals surface area contributed by atoms with Crippen molar-refractivity contribution >= 4 is 5.69 Å². The van der Waals surface area contributed by atoms with Gasteiger partial charge in [0.2, 0.25) is 0 Å². The molecule has 1 aliphatic rings. The van der Waals surface area contributed by atoms with Crippen LogP contribution in [0.4, 0.5) is 5.69 Å². The van der Waals surface area contributed by atoms with E-state index in [1.807, 2.05) is 6.07 Å². The molecular formula is C18H21NO2. The zero-order valence-electron chi connectivity index (χ0n) is 12.6. The highest BCUT2D eigenvalue weighted by Gasteiger charge is 2.20. The van der Waals surface area contributed by atoms with E-state index in [1.54, 1.807) is 14.2 Å². The number of rotatable bonds is 4. The zero-order valence-corrected chi connectivity index (χ0v) is 12.6. The molecule has 3 rings (SSSR count). The summed E-state index contributed by atoms with van der Waals surface area (Å²) in [6, 6.07) is 14.7. The molecular weight excluding hydrogens is 262 g/mol. The quantitative estimate of drug-likeness (QED) is 0.924. The van der Waals surface area contributed by atoms with Crippen LogP contribution in [0.5, 0.6) is 11.5 Å². The molecule has 1 unspecified atom stereocenters. The highest BCUT2D eigenvalue weighted by Crippen LogP contribution is 2.35. The van der Waals surface area contributed by atoms with E-state index >= 15 is 0 Å². The first kappa shape index (κ1) is 13.8. The van der Waals surface area contributed by atoms with Gasteiger partial charge in [-0.2, -0.15) is 0 Å². The standard InChI is InChI=1S/C18H21NO2/c1-20-15-10-13(11-16(12-15)21-2)9-14-7-8-19-18-6-4-3-5-17(14)18/h3-6,10-12,14,19H,7-9H2,1-2H3. The number of hydrogen-bond acceptors (Lipinski definition) is 3. The molecule has 0 radical (unpaired) electrons. The summed E-state index contributed by atoms with van der Waals surface area (Å²) < 4.78 is 10.7. The number of para-hydroxylation sites is 1. The van der Waals surface area contributed by atoms with Gasteiger partial charge in [0, 0.05) is 18.3 Å². The lowest BCUT2D eigenvalue weighted by Gasteiger charge is -2.27. The molecule has 21 heavy (non-hydrogen) atoms. The molecule has 0 amide bonds. The van der Waals surface area contributed by atoms with Gasteiger partial charge in [-0.05, 0) is 48.1 Å². The number of nitrogens with one attached hydrogen (secondary N) is 1. The van der Waals surface area contributed by atoms with Crippen molar-refractivity contribution in [2.75, 3.05) is 26.1 Å². The van der Waals surface area contributed by atoms with Crippen molar-refractivity contribution in [1.82, 2.24) is 0 Å². The van der Waals surface area contributed by atoms with Crippen molar-refractivity contribution in [3.05, 3.63) is 53.6 Å². The first-order chi connectivity index (χ1) is 10.3. The lowest BCUT2D eigenvalue weighted by atomic mass is 9.86. The van der Waals surface area contributed by atoms with Gasteiger partial charge < -0.3 is 14.8 Å². The summed E-state index contributed by atoms with van der Waals surface area (Å²) in [5.41, 5.74) is 3.93. The number of benzene rings is 2. The maximum Gasteiger partial charge on any atom is 0.122 e.